The predicted molar refractivity (Wildman–Crippen MR) is 283 cm³/mol. The summed E-state index contributed by atoms with van der Waals surface area (Å²) in [7, 11) is 0. The molecule has 0 atom stereocenters. The minimum Gasteiger partial charge on any atom is -0.321 e. The van der Waals surface area contributed by atoms with E-state index in [0.29, 0.717) is 11.1 Å². The van der Waals surface area contributed by atoms with E-state index in [2.05, 4.69) is 132 Å². The molecule has 0 radical (unpaired) electrons. The lowest BCUT2D eigenvalue weighted by molar-refractivity contribution is 0.101. The molecule has 0 unspecified atom stereocenters. The summed E-state index contributed by atoms with van der Waals surface area (Å²) in [5.74, 6) is -0.311. The van der Waals surface area contributed by atoms with Crippen molar-refractivity contribution in [2.24, 2.45) is 0 Å². The molecule has 68 heavy (non-hydrogen) atoms. The zero-order valence-corrected chi connectivity index (χ0v) is 37.1. The fourth-order valence-electron chi connectivity index (χ4n) is 9.30. The number of carbonyl (C=O) groups excluding carboxylic acids is 2. The van der Waals surface area contributed by atoms with Crippen molar-refractivity contribution in [3.05, 3.63) is 266 Å². The van der Waals surface area contributed by atoms with Crippen LogP contribution in [0, 0.1) is 0 Å². The normalized spacial score (nSPS) is 11.1. The summed E-state index contributed by atoms with van der Waals surface area (Å²) in [6, 6.07) is 86.1. The van der Waals surface area contributed by atoms with E-state index in [-0.39, 0.29) is 11.8 Å². The van der Waals surface area contributed by atoms with Gasteiger partial charge in [-0.05, 0) is 78.5 Å². The summed E-state index contributed by atoms with van der Waals surface area (Å²) in [6.07, 6.45) is 0. The number of anilines is 2. The number of carbonyl (C=O) groups is 2. The van der Waals surface area contributed by atoms with E-state index >= 15 is 0 Å². The quantitative estimate of drug-likeness (QED) is 0.144. The summed E-state index contributed by atoms with van der Waals surface area (Å²) in [5.41, 5.74) is 14.9. The highest BCUT2D eigenvalue weighted by molar-refractivity contribution is 6.16. The van der Waals surface area contributed by atoms with Crippen LogP contribution in [0.1, 0.15) is 20.7 Å². The molecule has 2 N–H and O–H groups in total. The van der Waals surface area contributed by atoms with Gasteiger partial charge in [-0.15, -0.1) is 0 Å². The Labute approximate surface area is 395 Å². The number of hydrogen-bond acceptors (Lipinski definition) is 2. The molecule has 4 nitrogen and oxygen atoms in total. The number of hydrogen-bond donors (Lipinski definition) is 2. The molecule has 322 valence electrons. The highest BCUT2D eigenvalue weighted by Crippen LogP contribution is 2.39. The lowest BCUT2D eigenvalue weighted by atomic mass is 9.94. The molecule has 4 heteroatoms. The van der Waals surface area contributed by atoms with E-state index < -0.39 is 0 Å². The largest absolute Gasteiger partial charge is 0.321 e. The average molecular weight is 873 g/mol. The molecule has 0 saturated heterocycles. The number of rotatable bonds is 10. The van der Waals surface area contributed by atoms with E-state index in [1.54, 1.807) is 0 Å². The van der Waals surface area contributed by atoms with Gasteiger partial charge in [-0.25, -0.2) is 0 Å². The van der Waals surface area contributed by atoms with Gasteiger partial charge in [0.25, 0.3) is 11.8 Å². The van der Waals surface area contributed by atoms with Crippen LogP contribution < -0.4 is 10.6 Å². The van der Waals surface area contributed by atoms with Gasteiger partial charge in [0, 0.05) is 33.0 Å². The van der Waals surface area contributed by atoms with Crippen LogP contribution in [0.3, 0.4) is 0 Å². The van der Waals surface area contributed by atoms with Crippen LogP contribution in [-0.2, 0) is 0 Å². The summed E-state index contributed by atoms with van der Waals surface area (Å²) in [6.45, 7) is 0. The first kappa shape index (κ1) is 41.6. The van der Waals surface area contributed by atoms with Crippen molar-refractivity contribution in [2.75, 3.05) is 10.6 Å². The van der Waals surface area contributed by atoms with Crippen molar-refractivity contribution >= 4 is 44.7 Å². The topological polar surface area (TPSA) is 58.2 Å². The molecule has 0 aromatic heterocycles. The molecular weight excluding hydrogens is 829 g/mol. The van der Waals surface area contributed by atoms with Crippen molar-refractivity contribution in [3.8, 4) is 66.8 Å². The Balaban J connectivity index is 0.844. The molecule has 0 aliphatic heterocycles. The molecule has 0 saturated carbocycles. The number of benzene rings is 11. The first-order chi connectivity index (χ1) is 33.6. The standard InChI is InChI=1S/C64H44N2O2/c67-63(59-25-13-11-21-53(59)47-15-3-1-4-16-47)65-61-55-23-9-7-19-49(55)39-41-57(61)51-35-31-45(32-36-51)43-27-29-44(30-28-43)46-33-37-52(38-34-46)58-42-40-50-20-8-10-24-56(50)62(58)66-64(68)60-26-14-12-22-54(60)48-17-5-2-6-18-48/h1-42H,(H,65,67)(H,66,68). The van der Waals surface area contributed by atoms with Crippen LogP contribution in [0.2, 0.25) is 0 Å². The summed E-state index contributed by atoms with van der Waals surface area (Å²) in [4.78, 5) is 28.3. The second kappa shape index (κ2) is 18.4. The van der Waals surface area contributed by atoms with Gasteiger partial charge in [0.15, 0.2) is 0 Å². The molecule has 0 aliphatic rings. The second-order valence-electron chi connectivity index (χ2n) is 16.9. The van der Waals surface area contributed by atoms with Gasteiger partial charge in [0.1, 0.15) is 0 Å². The maximum Gasteiger partial charge on any atom is 0.256 e. The zero-order valence-electron chi connectivity index (χ0n) is 37.1. The maximum absolute atomic E-state index is 14.1. The van der Waals surface area contributed by atoms with E-state index in [9.17, 15) is 9.59 Å². The highest BCUT2D eigenvalue weighted by atomic mass is 16.2. The molecule has 11 aromatic carbocycles. The minimum absolute atomic E-state index is 0.156. The van der Waals surface area contributed by atoms with Gasteiger partial charge in [-0.2, -0.15) is 0 Å². The summed E-state index contributed by atoms with van der Waals surface area (Å²) >= 11 is 0. The van der Waals surface area contributed by atoms with Crippen LogP contribution in [-0.4, -0.2) is 11.8 Å². The Kier molecular flexibility index (Phi) is 11.3. The van der Waals surface area contributed by atoms with Crippen LogP contribution in [0.4, 0.5) is 11.4 Å². The third-order valence-electron chi connectivity index (χ3n) is 12.8. The maximum atomic E-state index is 14.1. The average Bonchev–Trinajstić information content (AvgIpc) is 3.41. The molecule has 0 heterocycles. The number of nitrogens with one attached hydrogen (secondary N) is 2. The Bertz CT molecular complexity index is 3380. The molecule has 0 fully saturated rings. The molecule has 0 spiro atoms. The van der Waals surface area contributed by atoms with Crippen molar-refractivity contribution < 1.29 is 9.59 Å². The van der Waals surface area contributed by atoms with E-state index in [1.807, 2.05) is 133 Å². The third-order valence-corrected chi connectivity index (χ3v) is 12.8. The van der Waals surface area contributed by atoms with Crippen molar-refractivity contribution in [1.82, 2.24) is 0 Å². The molecular formula is C64H44N2O2. The fraction of sp³-hybridized carbons (Fsp3) is 0. The predicted octanol–water partition coefficient (Wildman–Crippen LogP) is 16.5. The highest BCUT2D eigenvalue weighted by Gasteiger charge is 2.19. The smallest absolute Gasteiger partial charge is 0.256 e. The van der Waals surface area contributed by atoms with Gasteiger partial charge in [0.2, 0.25) is 0 Å². The molecule has 11 rings (SSSR count). The lowest BCUT2D eigenvalue weighted by Crippen LogP contribution is -2.14. The van der Waals surface area contributed by atoms with Crippen molar-refractivity contribution in [2.45, 2.75) is 0 Å². The Hall–Kier alpha value is -9.12. The minimum atomic E-state index is -0.156. The summed E-state index contributed by atoms with van der Waals surface area (Å²) < 4.78 is 0. The Morgan fingerprint density at radius 1 is 0.235 bits per heavy atom. The van der Waals surface area contributed by atoms with Crippen LogP contribution >= 0.6 is 0 Å². The SMILES string of the molecule is O=C(Nc1c(-c2ccc(-c3ccc(-c4ccc(-c5ccc6ccccc6c5NC(=O)c5ccccc5-c5ccccc5)cc4)cc3)cc2)ccc2ccccc12)c1ccccc1-c1ccccc1. The zero-order chi connectivity index (χ0) is 45.8. The van der Waals surface area contributed by atoms with Crippen LogP contribution in [0.5, 0.6) is 0 Å². The van der Waals surface area contributed by atoms with Crippen LogP contribution in [0.15, 0.2) is 255 Å². The third kappa shape index (κ3) is 8.23. The molecule has 2 amide bonds. The summed E-state index contributed by atoms with van der Waals surface area (Å²) in [5, 5.41) is 10.7. The van der Waals surface area contributed by atoms with E-state index in [4.69, 9.17) is 0 Å². The van der Waals surface area contributed by atoms with Crippen molar-refractivity contribution in [1.29, 1.82) is 0 Å². The van der Waals surface area contributed by atoms with Gasteiger partial charge in [-0.1, -0.05) is 243 Å². The fourth-order valence-corrected chi connectivity index (χ4v) is 9.30. The number of amides is 2. The number of fused-ring (bicyclic) bond motifs is 2. The Morgan fingerprint density at radius 2 is 0.529 bits per heavy atom. The Morgan fingerprint density at radius 3 is 0.912 bits per heavy atom. The van der Waals surface area contributed by atoms with Gasteiger partial charge in [-0.3, -0.25) is 9.59 Å². The van der Waals surface area contributed by atoms with Gasteiger partial charge >= 0.3 is 0 Å². The van der Waals surface area contributed by atoms with E-state index in [0.717, 1.165) is 99.7 Å². The monoisotopic (exact) mass is 872 g/mol. The van der Waals surface area contributed by atoms with Gasteiger partial charge in [0.05, 0.1) is 11.4 Å². The first-order valence-electron chi connectivity index (χ1n) is 22.8. The van der Waals surface area contributed by atoms with Crippen molar-refractivity contribution in [3.63, 3.8) is 0 Å². The van der Waals surface area contributed by atoms with E-state index in [1.165, 1.54) is 0 Å². The second-order valence-corrected chi connectivity index (χ2v) is 16.9. The molecule has 0 bridgehead atoms. The first-order valence-corrected chi connectivity index (χ1v) is 22.8. The van der Waals surface area contributed by atoms with Crippen LogP contribution in [0.25, 0.3) is 88.3 Å². The molecule has 0 aliphatic carbocycles. The lowest BCUT2D eigenvalue weighted by Gasteiger charge is -2.17. The molecule has 11 aromatic rings. The van der Waals surface area contributed by atoms with Gasteiger partial charge < -0.3 is 10.6 Å².